The van der Waals surface area contributed by atoms with Crippen molar-refractivity contribution in [3.63, 3.8) is 0 Å². The Morgan fingerprint density at radius 2 is 2.00 bits per heavy atom. The van der Waals surface area contributed by atoms with Crippen molar-refractivity contribution >= 4 is 17.0 Å². The molecule has 2 aromatic carbocycles. The number of ether oxygens (including phenoxy) is 1. The molecule has 0 radical (unpaired) electrons. The summed E-state index contributed by atoms with van der Waals surface area (Å²) in [7, 11) is 1.40. The molecule has 19 heavy (non-hydrogen) atoms. The number of methoxy groups -OCH3 is 1. The number of allylic oxidation sites excluding steroid dienone is 1. The third-order valence-electron chi connectivity index (χ3n) is 2.68. The largest absolute Gasteiger partial charge is 0.481 e. The van der Waals surface area contributed by atoms with Crippen molar-refractivity contribution in [2.45, 2.75) is 0 Å². The van der Waals surface area contributed by atoms with Crippen molar-refractivity contribution in [2.24, 2.45) is 10.7 Å². The van der Waals surface area contributed by atoms with Gasteiger partial charge in [0.25, 0.3) is 0 Å². The second-order valence-corrected chi connectivity index (χ2v) is 3.89. The van der Waals surface area contributed by atoms with E-state index in [4.69, 9.17) is 15.7 Å². The van der Waals surface area contributed by atoms with Gasteiger partial charge in [0.15, 0.2) is 5.70 Å². The van der Waals surface area contributed by atoms with E-state index in [9.17, 15) is 0 Å². The predicted molar refractivity (Wildman–Crippen MR) is 75.4 cm³/mol. The molecule has 0 heterocycles. The van der Waals surface area contributed by atoms with Crippen molar-refractivity contribution in [3.05, 3.63) is 59.6 Å². The summed E-state index contributed by atoms with van der Waals surface area (Å²) in [5, 5.41) is 11.2. The number of benzene rings is 2. The van der Waals surface area contributed by atoms with Gasteiger partial charge in [-0.3, -0.25) is 0 Å². The van der Waals surface area contributed by atoms with Crippen LogP contribution in [0.5, 0.6) is 0 Å². The van der Waals surface area contributed by atoms with E-state index in [2.05, 4.69) is 4.99 Å². The Labute approximate surface area is 111 Å². The van der Waals surface area contributed by atoms with Crippen molar-refractivity contribution < 1.29 is 4.74 Å². The summed E-state index contributed by atoms with van der Waals surface area (Å²) in [5.74, 6) is 0.0135. The van der Waals surface area contributed by atoms with E-state index in [1.807, 2.05) is 48.5 Å². The maximum atomic E-state index is 8.90. The van der Waals surface area contributed by atoms with Gasteiger partial charge in [0.1, 0.15) is 6.07 Å². The highest BCUT2D eigenvalue weighted by atomic mass is 16.5. The minimum atomic E-state index is 0.0135. The van der Waals surface area contributed by atoms with Crippen LogP contribution in [-0.2, 0) is 4.74 Å². The number of hydrogen-bond acceptors (Lipinski definition) is 4. The smallest absolute Gasteiger partial charge is 0.221 e. The summed E-state index contributed by atoms with van der Waals surface area (Å²) < 4.78 is 4.78. The first kappa shape index (κ1) is 12.7. The standard InChI is InChI=1S/C15H13N3O/c1-19-15(17)14(9-16)18-10-11-6-7-12-4-2-3-5-13(12)8-11/h2-8,10H,17H2,1H3/b15-14+,18-10?. The Morgan fingerprint density at radius 3 is 2.68 bits per heavy atom. The van der Waals surface area contributed by atoms with Crippen molar-refractivity contribution in [1.82, 2.24) is 0 Å². The Bertz CT molecular complexity index is 696. The molecule has 4 heteroatoms. The Morgan fingerprint density at radius 1 is 1.26 bits per heavy atom. The van der Waals surface area contributed by atoms with Gasteiger partial charge >= 0.3 is 0 Å². The van der Waals surface area contributed by atoms with Gasteiger partial charge in [0.05, 0.1) is 7.11 Å². The summed E-state index contributed by atoms with van der Waals surface area (Å²) in [6.07, 6.45) is 1.59. The zero-order valence-electron chi connectivity index (χ0n) is 10.5. The lowest BCUT2D eigenvalue weighted by molar-refractivity contribution is 0.284. The van der Waals surface area contributed by atoms with E-state index in [1.165, 1.54) is 7.11 Å². The van der Waals surface area contributed by atoms with Crippen molar-refractivity contribution in [1.29, 1.82) is 5.26 Å². The monoisotopic (exact) mass is 251 g/mol. The van der Waals surface area contributed by atoms with E-state index in [-0.39, 0.29) is 11.6 Å². The Hall–Kier alpha value is -2.80. The minimum Gasteiger partial charge on any atom is -0.481 e. The molecule has 0 aliphatic heterocycles. The SMILES string of the molecule is CO/C(N)=C(\C#N)N=Cc1ccc2ccccc2c1. The zero-order chi connectivity index (χ0) is 13.7. The van der Waals surface area contributed by atoms with Gasteiger partial charge in [-0.1, -0.05) is 36.4 Å². The topological polar surface area (TPSA) is 71.4 Å². The quantitative estimate of drug-likeness (QED) is 0.517. The first-order chi connectivity index (χ1) is 9.24. The van der Waals surface area contributed by atoms with Gasteiger partial charge < -0.3 is 10.5 Å². The molecular formula is C15H13N3O. The zero-order valence-corrected chi connectivity index (χ0v) is 10.5. The third-order valence-corrected chi connectivity index (χ3v) is 2.68. The van der Waals surface area contributed by atoms with Crippen LogP contribution in [0.1, 0.15) is 5.56 Å². The summed E-state index contributed by atoms with van der Waals surface area (Å²) in [4.78, 5) is 4.03. The fraction of sp³-hybridized carbons (Fsp3) is 0.0667. The molecular weight excluding hydrogens is 238 g/mol. The number of aliphatic imine (C=N–C) groups is 1. The van der Waals surface area contributed by atoms with Gasteiger partial charge in [0, 0.05) is 6.21 Å². The molecule has 0 bridgehead atoms. The number of hydrogen-bond donors (Lipinski definition) is 1. The fourth-order valence-electron chi connectivity index (χ4n) is 1.67. The number of fused-ring (bicyclic) bond motifs is 1. The molecule has 0 fully saturated rings. The Kier molecular flexibility index (Phi) is 3.79. The van der Waals surface area contributed by atoms with Crippen LogP contribution in [0.3, 0.4) is 0 Å². The molecule has 0 spiro atoms. The van der Waals surface area contributed by atoms with Crippen LogP contribution in [0, 0.1) is 11.3 Å². The second-order valence-electron chi connectivity index (χ2n) is 3.89. The first-order valence-corrected chi connectivity index (χ1v) is 5.71. The van der Waals surface area contributed by atoms with Gasteiger partial charge in [-0.05, 0) is 22.4 Å². The summed E-state index contributed by atoms with van der Waals surface area (Å²) in [5.41, 5.74) is 6.47. The molecule has 4 nitrogen and oxygen atoms in total. The Balaban J connectivity index is 2.34. The van der Waals surface area contributed by atoms with Gasteiger partial charge in [-0.2, -0.15) is 5.26 Å². The van der Waals surface area contributed by atoms with E-state index >= 15 is 0 Å². The fourth-order valence-corrected chi connectivity index (χ4v) is 1.67. The molecule has 2 N–H and O–H groups in total. The maximum absolute atomic E-state index is 8.90. The van der Waals surface area contributed by atoms with Crippen LogP contribution in [-0.4, -0.2) is 13.3 Å². The molecule has 2 rings (SSSR count). The average Bonchev–Trinajstić information content (AvgIpc) is 2.47. The number of nitrogens with two attached hydrogens (primary N) is 1. The number of rotatable bonds is 3. The van der Waals surface area contributed by atoms with E-state index < -0.39 is 0 Å². The summed E-state index contributed by atoms with van der Waals surface area (Å²) >= 11 is 0. The number of nitriles is 1. The molecule has 0 amide bonds. The van der Waals surface area contributed by atoms with Crippen LogP contribution in [0.25, 0.3) is 10.8 Å². The van der Waals surface area contributed by atoms with E-state index in [0.29, 0.717) is 0 Å². The number of nitrogens with zero attached hydrogens (tertiary/aromatic N) is 2. The van der Waals surface area contributed by atoms with E-state index in [0.717, 1.165) is 16.3 Å². The summed E-state index contributed by atoms with van der Waals surface area (Å²) in [6.45, 7) is 0. The minimum absolute atomic E-state index is 0.0135. The lowest BCUT2D eigenvalue weighted by Crippen LogP contribution is -2.02. The first-order valence-electron chi connectivity index (χ1n) is 5.71. The van der Waals surface area contributed by atoms with E-state index in [1.54, 1.807) is 6.21 Å². The molecule has 0 atom stereocenters. The molecule has 2 aromatic rings. The average molecular weight is 251 g/mol. The van der Waals surface area contributed by atoms with Crippen LogP contribution in [0.15, 0.2) is 59.0 Å². The highest BCUT2D eigenvalue weighted by Gasteiger charge is 2.00. The summed E-state index contributed by atoms with van der Waals surface area (Å²) in [6, 6.07) is 15.9. The molecule has 0 saturated heterocycles. The van der Waals surface area contributed by atoms with Crippen molar-refractivity contribution in [3.8, 4) is 6.07 Å². The molecule has 0 aliphatic rings. The predicted octanol–water partition coefficient (Wildman–Crippen LogP) is 2.56. The van der Waals surface area contributed by atoms with Crippen LogP contribution in [0.2, 0.25) is 0 Å². The molecule has 0 saturated carbocycles. The lowest BCUT2D eigenvalue weighted by Gasteiger charge is -2.00. The van der Waals surface area contributed by atoms with Crippen LogP contribution < -0.4 is 5.73 Å². The second kappa shape index (κ2) is 5.69. The highest BCUT2D eigenvalue weighted by molar-refractivity contribution is 5.90. The lowest BCUT2D eigenvalue weighted by atomic mass is 10.1. The third kappa shape index (κ3) is 2.90. The molecule has 94 valence electrons. The van der Waals surface area contributed by atoms with Gasteiger partial charge in [-0.25, -0.2) is 4.99 Å². The molecule has 0 unspecified atom stereocenters. The molecule has 0 aromatic heterocycles. The van der Waals surface area contributed by atoms with Crippen LogP contribution in [0.4, 0.5) is 0 Å². The maximum Gasteiger partial charge on any atom is 0.221 e. The van der Waals surface area contributed by atoms with Crippen LogP contribution >= 0.6 is 0 Å². The highest BCUT2D eigenvalue weighted by Crippen LogP contribution is 2.14. The van der Waals surface area contributed by atoms with Gasteiger partial charge in [0.2, 0.25) is 5.88 Å². The van der Waals surface area contributed by atoms with Crippen molar-refractivity contribution in [2.75, 3.05) is 7.11 Å². The molecule has 0 aliphatic carbocycles. The van der Waals surface area contributed by atoms with Gasteiger partial charge in [-0.15, -0.1) is 0 Å². The normalized spacial score (nSPS) is 12.2.